The van der Waals surface area contributed by atoms with Crippen LogP contribution in [-0.2, 0) is 19.1 Å². The molecule has 1 N–H and O–H groups in total. The van der Waals surface area contributed by atoms with Gasteiger partial charge in [-0.2, -0.15) is 0 Å². The first kappa shape index (κ1) is 31.9. The summed E-state index contributed by atoms with van der Waals surface area (Å²) < 4.78 is 120. The highest BCUT2D eigenvalue weighted by Crippen LogP contribution is 3.02. The summed E-state index contributed by atoms with van der Waals surface area (Å²) in [6, 6.07) is -0.315. The lowest BCUT2D eigenvalue weighted by atomic mass is 9.76. The third-order valence-corrected chi connectivity index (χ3v) is 8.87. The van der Waals surface area contributed by atoms with E-state index in [0.29, 0.717) is 12.1 Å². The molecule has 234 valence electrons. The van der Waals surface area contributed by atoms with Gasteiger partial charge in [0.1, 0.15) is 16.8 Å². The molecule has 1 heterocycles. The standard InChI is InChI=1S/C26H29F8N3O4S/c1-40-26(41-2)12-9-21(26)24(39)37(19-3-5-20(6-4-19)42(30,31,32,33)34)22(16-13-17(27)15-35-14-16)23(38)36-18-7-10-25(28,29)11-8-18/h3-6,13-15,18,21-22H,7-12H2,1-2H3,(H,36,38). The van der Waals surface area contributed by atoms with Gasteiger partial charge in [0.2, 0.25) is 17.7 Å². The molecule has 42 heavy (non-hydrogen) atoms. The van der Waals surface area contributed by atoms with E-state index in [1.165, 1.54) is 14.2 Å². The lowest BCUT2D eigenvalue weighted by Gasteiger charge is -2.48. The molecule has 0 spiro atoms. The third-order valence-electron chi connectivity index (χ3n) is 7.71. The van der Waals surface area contributed by atoms with Gasteiger partial charge >= 0.3 is 10.2 Å². The largest absolute Gasteiger partial charge is 0.352 e. The highest BCUT2D eigenvalue weighted by atomic mass is 32.5. The quantitative estimate of drug-likeness (QED) is 0.237. The number of pyridine rings is 1. The van der Waals surface area contributed by atoms with Crippen LogP contribution in [0.5, 0.6) is 0 Å². The van der Waals surface area contributed by atoms with Gasteiger partial charge in [-0.05, 0) is 49.6 Å². The topological polar surface area (TPSA) is 80.8 Å². The summed E-state index contributed by atoms with van der Waals surface area (Å²) in [5.74, 6) is -8.28. The first-order chi connectivity index (χ1) is 19.3. The van der Waals surface area contributed by atoms with E-state index < -0.39 is 81.0 Å². The summed E-state index contributed by atoms with van der Waals surface area (Å²) in [5.41, 5.74) is -0.614. The summed E-state index contributed by atoms with van der Waals surface area (Å²) in [6.07, 6.45) is 0.993. The molecule has 0 saturated heterocycles. The number of ether oxygens (including phenoxy) is 2. The molecule has 0 radical (unpaired) electrons. The first-order valence-corrected chi connectivity index (χ1v) is 14.8. The van der Waals surface area contributed by atoms with Crippen molar-refractivity contribution in [1.29, 1.82) is 0 Å². The van der Waals surface area contributed by atoms with Gasteiger partial charge in [-0.3, -0.25) is 19.5 Å². The van der Waals surface area contributed by atoms with Gasteiger partial charge < -0.3 is 14.8 Å². The van der Waals surface area contributed by atoms with Crippen LogP contribution in [0.25, 0.3) is 0 Å². The van der Waals surface area contributed by atoms with Crippen LogP contribution in [0.1, 0.15) is 50.1 Å². The Morgan fingerprint density at radius 2 is 1.57 bits per heavy atom. The van der Waals surface area contributed by atoms with E-state index in [1.54, 1.807) is 0 Å². The molecule has 2 aliphatic carbocycles. The number of aromatic nitrogens is 1. The second-order valence-electron chi connectivity index (χ2n) is 10.5. The van der Waals surface area contributed by atoms with Crippen molar-refractivity contribution in [2.75, 3.05) is 19.1 Å². The molecule has 2 fully saturated rings. The number of benzene rings is 1. The number of hydrogen-bond acceptors (Lipinski definition) is 5. The Balaban J connectivity index is 1.82. The highest BCUT2D eigenvalue weighted by Gasteiger charge is 2.65. The van der Waals surface area contributed by atoms with Crippen LogP contribution in [0.2, 0.25) is 0 Å². The Morgan fingerprint density at radius 3 is 2.05 bits per heavy atom. The van der Waals surface area contributed by atoms with Crippen LogP contribution in [0, 0.1) is 11.7 Å². The van der Waals surface area contributed by atoms with E-state index in [9.17, 15) is 42.2 Å². The Hall–Kier alpha value is -2.98. The predicted molar refractivity (Wildman–Crippen MR) is 137 cm³/mol. The van der Waals surface area contributed by atoms with Crippen LogP contribution in [-0.4, -0.2) is 48.8 Å². The molecule has 16 heteroatoms. The van der Waals surface area contributed by atoms with Crippen molar-refractivity contribution < 1.29 is 51.7 Å². The van der Waals surface area contributed by atoms with E-state index in [0.717, 1.165) is 23.4 Å². The molecule has 2 unspecified atom stereocenters. The summed E-state index contributed by atoms with van der Waals surface area (Å²) in [7, 11) is -7.58. The maximum absolute atomic E-state index is 14.3. The number of amides is 2. The van der Waals surface area contributed by atoms with Crippen molar-refractivity contribution in [3.05, 3.63) is 54.1 Å². The molecule has 2 saturated carbocycles. The van der Waals surface area contributed by atoms with Crippen molar-refractivity contribution in [2.45, 2.75) is 67.2 Å². The normalized spacial score (nSPS) is 22.7. The first-order valence-electron chi connectivity index (χ1n) is 12.9. The van der Waals surface area contributed by atoms with Gasteiger partial charge in [0, 0.05) is 57.0 Å². The smallest absolute Gasteiger partial charge is 0.310 e. The molecule has 0 aliphatic heterocycles. The third kappa shape index (κ3) is 6.64. The number of hydrogen-bond donors (Lipinski definition) is 1. The van der Waals surface area contributed by atoms with E-state index in [2.05, 4.69) is 10.3 Å². The molecule has 2 aliphatic rings. The fraction of sp³-hybridized carbons (Fsp3) is 0.500. The molecule has 2 amide bonds. The predicted octanol–water partition coefficient (Wildman–Crippen LogP) is 7.05. The zero-order valence-electron chi connectivity index (χ0n) is 22.5. The van der Waals surface area contributed by atoms with Crippen molar-refractivity contribution in [3.8, 4) is 0 Å². The number of alkyl halides is 2. The number of anilines is 1. The zero-order valence-corrected chi connectivity index (χ0v) is 23.3. The Labute approximate surface area is 236 Å². The number of nitrogens with one attached hydrogen (secondary N) is 1. The van der Waals surface area contributed by atoms with Crippen LogP contribution < -0.4 is 10.2 Å². The minimum Gasteiger partial charge on any atom is -0.352 e. The summed E-state index contributed by atoms with van der Waals surface area (Å²) in [5, 5.41) is 2.58. The van der Waals surface area contributed by atoms with E-state index in [4.69, 9.17) is 9.47 Å². The average Bonchev–Trinajstić information content (AvgIpc) is 2.87. The van der Waals surface area contributed by atoms with Crippen LogP contribution in [0.4, 0.5) is 38.3 Å². The Bertz CT molecular complexity index is 1330. The number of methoxy groups -OCH3 is 2. The lowest BCUT2D eigenvalue weighted by molar-refractivity contribution is -0.279. The molecule has 1 aromatic carbocycles. The SMILES string of the molecule is COC1(OC)CCC1C(=O)N(c1ccc(S(F)(F)(F)(F)F)cc1)C(C(=O)NC1CCC(F)(F)CC1)c1cncc(F)c1. The van der Waals surface area contributed by atoms with Crippen molar-refractivity contribution >= 4 is 27.7 Å². The molecule has 1 aromatic heterocycles. The number of nitrogens with zero attached hydrogens (tertiary/aromatic N) is 2. The van der Waals surface area contributed by atoms with Crippen molar-refractivity contribution in [1.82, 2.24) is 10.3 Å². The zero-order chi connectivity index (χ0) is 31.2. The van der Waals surface area contributed by atoms with Crippen LogP contribution in [0.3, 0.4) is 0 Å². The molecule has 0 bridgehead atoms. The van der Waals surface area contributed by atoms with Gasteiger partial charge in [-0.1, -0.05) is 19.4 Å². The molecular formula is C26H29F8N3O4S. The van der Waals surface area contributed by atoms with E-state index in [1.807, 2.05) is 0 Å². The molecule has 4 rings (SSSR count). The van der Waals surface area contributed by atoms with Crippen LogP contribution in [0.15, 0.2) is 47.6 Å². The second kappa shape index (κ2) is 10.3. The van der Waals surface area contributed by atoms with Crippen LogP contribution >= 0.6 is 10.2 Å². The van der Waals surface area contributed by atoms with Crippen molar-refractivity contribution in [2.24, 2.45) is 5.92 Å². The van der Waals surface area contributed by atoms with Gasteiger partial charge in [-0.15, -0.1) is 0 Å². The highest BCUT2D eigenvalue weighted by molar-refractivity contribution is 8.45. The Kier molecular flexibility index (Phi) is 7.86. The summed E-state index contributed by atoms with van der Waals surface area (Å²) in [4.78, 5) is 30.0. The number of rotatable bonds is 9. The van der Waals surface area contributed by atoms with Gasteiger partial charge in [0.25, 0.3) is 0 Å². The summed E-state index contributed by atoms with van der Waals surface area (Å²) >= 11 is 0. The minimum absolute atomic E-state index is 0.0832. The fourth-order valence-electron chi connectivity index (χ4n) is 5.30. The maximum Gasteiger partial charge on any atom is 0.310 e. The van der Waals surface area contributed by atoms with Gasteiger partial charge in [0.15, 0.2) is 5.79 Å². The minimum atomic E-state index is -10.1. The van der Waals surface area contributed by atoms with E-state index >= 15 is 0 Å². The molecule has 7 nitrogen and oxygen atoms in total. The van der Waals surface area contributed by atoms with E-state index in [-0.39, 0.29) is 43.4 Å². The number of carbonyl (C=O) groups is 2. The fourth-order valence-corrected chi connectivity index (χ4v) is 5.95. The maximum atomic E-state index is 14.3. The Morgan fingerprint density at radius 1 is 0.976 bits per heavy atom. The molecule has 2 atom stereocenters. The molecule has 2 aromatic rings. The average molecular weight is 632 g/mol. The monoisotopic (exact) mass is 631 g/mol. The lowest BCUT2D eigenvalue weighted by Crippen LogP contribution is -2.59. The summed E-state index contributed by atoms with van der Waals surface area (Å²) in [6.45, 7) is 0. The van der Waals surface area contributed by atoms with Crippen molar-refractivity contribution in [3.63, 3.8) is 0 Å². The number of halogens is 8. The molecular weight excluding hydrogens is 602 g/mol. The van der Waals surface area contributed by atoms with Gasteiger partial charge in [-0.25, -0.2) is 13.2 Å². The number of carbonyl (C=O) groups excluding carboxylic acids is 2. The second-order valence-corrected chi connectivity index (χ2v) is 12.9. The van der Waals surface area contributed by atoms with Gasteiger partial charge in [0.05, 0.1) is 12.1 Å².